The van der Waals surface area contributed by atoms with Crippen LogP contribution in [0.3, 0.4) is 0 Å². The highest BCUT2D eigenvalue weighted by Gasteiger charge is 2.61. The number of ether oxygens (including phenoxy) is 1. The molecule has 2 aliphatic carbocycles. The smallest absolute Gasteiger partial charge is 0.416 e. The van der Waals surface area contributed by atoms with E-state index in [-0.39, 0.29) is 23.9 Å². The monoisotopic (exact) mass is 512 g/mol. The minimum atomic E-state index is -4.58. The Bertz CT molecular complexity index is 1250. The van der Waals surface area contributed by atoms with Crippen LogP contribution < -0.4 is 5.32 Å². The first-order valence-corrected chi connectivity index (χ1v) is 11.9. The standard InChI is InChI=1S/C27H23F3N2O5/c28-27(29,30)18-7-4-8-19(13-18)31-21(33)14-37-26(36)20(11-15-5-2-1-3-6-15)32-24(34)22-16-9-10-17(12-16)23(22)25(32)35/h1-10,13,16-17,20,22-23H,11-12,14H2,(H,31,33)/t16-,17-,20-,22+,23+/m0/s1. The summed E-state index contributed by atoms with van der Waals surface area (Å²) in [7, 11) is 0. The number of halogens is 3. The molecule has 1 saturated carbocycles. The lowest BCUT2D eigenvalue weighted by atomic mass is 9.85. The molecule has 10 heteroatoms. The number of fused-ring (bicyclic) bond motifs is 5. The fourth-order valence-electron chi connectivity index (χ4n) is 5.55. The summed E-state index contributed by atoms with van der Waals surface area (Å²) in [5.41, 5.74) is -0.362. The van der Waals surface area contributed by atoms with Gasteiger partial charge in [-0.25, -0.2) is 4.79 Å². The highest BCUT2D eigenvalue weighted by Crippen LogP contribution is 2.53. The first-order chi connectivity index (χ1) is 17.6. The Hall–Kier alpha value is -3.95. The topological polar surface area (TPSA) is 92.8 Å². The number of amides is 3. The first-order valence-electron chi connectivity index (χ1n) is 11.9. The zero-order chi connectivity index (χ0) is 26.3. The van der Waals surface area contributed by atoms with Crippen molar-refractivity contribution in [3.63, 3.8) is 0 Å². The number of hydrogen-bond donors (Lipinski definition) is 1. The van der Waals surface area contributed by atoms with Crippen molar-refractivity contribution < 1.29 is 37.1 Å². The van der Waals surface area contributed by atoms with E-state index in [4.69, 9.17) is 4.74 Å². The average molecular weight is 512 g/mol. The molecule has 7 nitrogen and oxygen atoms in total. The zero-order valence-electron chi connectivity index (χ0n) is 19.5. The molecular formula is C27H23F3N2O5. The number of rotatable bonds is 7. The van der Waals surface area contributed by atoms with Gasteiger partial charge in [-0.2, -0.15) is 13.2 Å². The van der Waals surface area contributed by atoms with Crippen molar-refractivity contribution in [2.24, 2.45) is 23.7 Å². The number of anilines is 1. The highest BCUT2D eigenvalue weighted by atomic mass is 19.4. The summed E-state index contributed by atoms with van der Waals surface area (Å²) in [6.07, 6.45) is 0.0605. The number of carbonyl (C=O) groups excluding carboxylic acids is 4. The summed E-state index contributed by atoms with van der Waals surface area (Å²) in [5.74, 6) is -3.72. The summed E-state index contributed by atoms with van der Waals surface area (Å²) in [4.78, 5) is 53.1. The lowest BCUT2D eigenvalue weighted by molar-refractivity contribution is -0.160. The SMILES string of the molecule is O=C(COC(=O)[C@H](Cc1ccccc1)N1C(=O)[C@H]2[C@H](C1=O)[C@H]1C=C[C@H]2C1)Nc1cccc(C(F)(F)F)c1. The molecule has 192 valence electrons. The summed E-state index contributed by atoms with van der Waals surface area (Å²) in [5, 5.41) is 2.27. The molecule has 37 heavy (non-hydrogen) atoms. The maximum Gasteiger partial charge on any atom is 0.416 e. The normalized spacial score (nSPS) is 24.8. The molecular weight excluding hydrogens is 489 g/mol. The number of benzene rings is 2. The van der Waals surface area contributed by atoms with Gasteiger partial charge < -0.3 is 10.1 Å². The molecule has 1 heterocycles. The Kier molecular flexibility index (Phi) is 6.35. The second kappa shape index (κ2) is 9.49. The van der Waals surface area contributed by atoms with E-state index >= 15 is 0 Å². The maximum absolute atomic E-state index is 13.3. The Labute approximate surface area is 210 Å². The number of nitrogens with zero attached hydrogens (tertiary/aromatic N) is 1. The van der Waals surface area contributed by atoms with Gasteiger partial charge in [0.1, 0.15) is 6.04 Å². The molecule has 2 aromatic carbocycles. The van der Waals surface area contributed by atoms with E-state index in [9.17, 15) is 32.3 Å². The van der Waals surface area contributed by atoms with Gasteiger partial charge >= 0.3 is 12.1 Å². The van der Waals surface area contributed by atoms with Gasteiger partial charge in [0.15, 0.2) is 6.61 Å². The number of hydrogen-bond acceptors (Lipinski definition) is 5. The largest absolute Gasteiger partial charge is 0.454 e. The van der Waals surface area contributed by atoms with E-state index in [0.717, 1.165) is 29.5 Å². The quantitative estimate of drug-likeness (QED) is 0.348. The number of allylic oxidation sites excluding steroid dienone is 2. The van der Waals surface area contributed by atoms with Gasteiger partial charge in [0.2, 0.25) is 11.8 Å². The van der Waals surface area contributed by atoms with E-state index in [0.29, 0.717) is 5.56 Å². The van der Waals surface area contributed by atoms with Crippen LogP contribution in [0.5, 0.6) is 0 Å². The third kappa shape index (κ3) is 4.75. The molecule has 3 aliphatic rings. The highest BCUT2D eigenvalue weighted by molar-refractivity contribution is 6.09. The van der Waals surface area contributed by atoms with Crippen LogP contribution >= 0.6 is 0 Å². The van der Waals surface area contributed by atoms with Gasteiger partial charge in [0.05, 0.1) is 17.4 Å². The van der Waals surface area contributed by atoms with Crippen LogP contribution in [0.25, 0.3) is 0 Å². The van der Waals surface area contributed by atoms with Crippen LogP contribution in [0.4, 0.5) is 18.9 Å². The lowest BCUT2D eigenvalue weighted by Gasteiger charge is -2.26. The predicted molar refractivity (Wildman–Crippen MR) is 125 cm³/mol. The predicted octanol–water partition coefficient (Wildman–Crippen LogP) is 3.61. The molecule has 1 N–H and O–H groups in total. The van der Waals surface area contributed by atoms with Crippen LogP contribution in [0.1, 0.15) is 17.5 Å². The molecule has 0 aromatic heterocycles. The Morgan fingerprint density at radius 3 is 2.24 bits per heavy atom. The molecule has 0 unspecified atom stereocenters. The molecule has 3 amide bonds. The average Bonchev–Trinajstić information content (AvgIpc) is 3.55. The van der Waals surface area contributed by atoms with E-state index in [2.05, 4.69) is 5.32 Å². The molecule has 1 saturated heterocycles. The first kappa shape index (κ1) is 24.7. The third-order valence-corrected chi connectivity index (χ3v) is 7.18. The van der Waals surface area contributed by atoms with Gasteiger partial charge in [-0.05, 0) is 42.0 Å². The molecule has 5 rings (SSSR count). The molecule has 2 fully saturated rings. The number of imide groups is 1. The zero-order valence-corrected chi connectivity index (χ0v) is 19.5. The van der Waals surface area contributed by atoms with Crippen molar-refractivity contribution in [3.05, 3.63) is 77.9 Å². The van der Waals surface area contributed by atoms with Gasteiger partial charge in [-0.1, -0.05) is 48.6 Å². The molecule has 5 atom stereocenters. The number of alkyl halides is 3. The summed E-state index contributed by atoms with van der Waals surface area (Å²) >= 11 is 0. The van der Waals surface area contributed by atoms with Gasteiger partial charge in [-0.3, -0.25) is 19.3 Å². The van der Waals surface area contributed by atoms with Crippen molar-refractivity contribution in [2.75, 3.05) is 11.9 Å². The molecule has 0 spiro atoms. The fourth-order valence-corrected chi connectivity index (χ4v) is 5.55. The third-order valence-electron chi connectivity index (χ3n) is 7.18. The molecule has 1 aliphatic heterocycles. The lowest BCUT2D eigenvalue weighted by Crippen LogP contribution is -2.48. The van der Waals surface area contributed by atoms with Crippen molar-refractivity contribution in [1.29, 1.82) is 0 Å². The van der Waals surface area contributed by atoms with E-state index in [1.165, 1.54) is 6.07 Å². The molecule has 2 bridgehead atoms. The summed E-state index contributed by atoms with van der Waals surface area (Å²) < 4.78 is 44.0. The van der Waals surface area contributed by atoms with Crippen molar-refractivity contribution in [2.45, 2.75) is 25.1 Å². The van der Waals surface area contributed by atoms with Crippen LogP contribution in [-0.2, 0) is 36.5 Å². The van der Waals surface area contributed by atoms with Crippen molar-refractivity contribution in [1.82, 2.24) is 4.90 Å². The number of esters is 1. The molecule has 2 aromatic rings. The minimum absolute atomic E-state index is 0.00853. The van der Waals surface area contributed by atoms with Gasteiger partial charge in [0, 0.05) is 12.1 Å². The summed E-state index contributed by atoms with van der Waals surface area (Å²) in [6, 6.07) is 11.6. The number of carbonyl (C=O) groups is 4. The second-order valence-corrected chi connectivity index (χ2v) is 9.49. The maximum atomic E-state index is 13.3. The van der Waals surface area contributed by atoms with Crippen LogP contribution in [-0.4, -0.2) is 41.2 Å². The number of nitrogens with one attached hydrogen (secondary N) is 1. The fraction of sp³-hybridized carbons (Fsp3) is 0.333. The number of likely N-dealkylation sites (tertiary alicyclic amines) is 1. The second-order valence-electron chi connectivity index (χ2n) is 9.49. The minimum Gasteiger partial charge on any atom is -0.454 e. The van der Waals surface area contributed by atoms with E-state index in [1.807, 2.05) is 12.2 Å². The van der Waals surface area contributed by atoms with Gasteiger partial charge in [0.25, 0.3) is 5.91 Å². The Morgan fingerprint density at radius 2 is 1.62 bits per heavy atom. The van der Waals surface area contributed by atoms with E-state index in [1.54, 1.807) is 30.3 Å². The Morgan fingerprint density at radius 1 is 0.973 bits per heavy atom. The van der Waals surface area contributed by atoms with Crippen LogP contribution in [0, 0.1) is 23.7 Å². The Balaban J connectivity index is 1.30. The summed E-state index contributed by atoms with van der Waals surface area (Å²) in [6.45, 7) is -0.795. The van der Waals surface area contributed by atoms with Crippen molar-refractivity contribution in [3.8, 4) is 0 Å². The molecule has 0 radical (unpaired) electrons. The van der Waals surface area contributed by atoms with E-state index < -0.39 is 59.9 Å². The van der Waals surface area contributed by atoms with Crippen LogP contribution in [0.15, 0.2) is 66.7 Å². The van der Waals surface area contributed by atoms with Gasteiger partial charge in [-0.15, -0.1) is 0 Å². The van der Waals surface area contributed by atoms with Crippen LogP contribution in [0.2, 0.25) is 0 Å². The van der Waals surface area contributed by atoms with Crippen molar-refractivity contribution >= 4 is 29.4 Å².